The Morgan fingerprint density at radius 1 is 0.696 bits per heavy atom. The number of carboxylic acid groups (broad SMARTS) is 2. The standard InChI is InChI=1S/C31H35N7O8/c32-20(11-16-14-34-21-7-3-1-5-18(16)21)28(42)36-23(9-10-26(33)39)29(43)37-24(30(44)38-25(31(45)46)13-27(40)41)12-17-15-35-22-8-4-2-6-19(17)22/h1-8,14-15,20,23-25,34-35H,9-13,32H2,(H2,33,39)(H,36,42)(H,37,43)(H,38,44)(H,40,41)(H,45,46). The highest BCUT2D eigenvalue weighted by atomic mass is 16.4. The molecule has 2 aromatic carbocycles. The van der Waals surface area contributed by atoms with Crippen LogP contribution < -0.4 is 27.4 Å². The second-order valence-electron chi connectivity index (χ2n) is 10.9. The van der Waals surface area contributed by atoms with E-state index in [2.05, 4.69) is 25.9 Å². The third-order valence-electron chi connectivity index (χ3n) is 7.49. The minimum atomic E-state index is -1.78. The molecule has 0 fully saturated rings. The SMILES string of the molecule is NC(=O)CCC(NC(=O)C(N)Cc1c[nH]c2ccccc12)C(=O)NC(Cc1c[nH]c2ccccc12)C(=O)NC(CC(=O)O)C(=O)O. The molecule has 4 rings (SSSR count). The predicted octanol–water partition coefficient (Wildman–Crippen LogP) is 0.0409. The van der Waals surface area contributed by atoms with Crippen LogP contribution in [0.2, 0.25) is 0 Å². The number of carbonyl (C=O) groups is 6. The van der Waals surface area contributed by atoms with Gasteiger partial charge < -0.3 is 47.6 Å². The van der Waals surface area contributed by atoms with E-state index in [9.17, 15) is 33.9 Å². The Kier molecular flexibility index (Phi) is 10.7. The van der Waals surface area contributed by atoms with Gasteiger partial charge in [0, 0.05) is 47.0 Å². The van der Waals surface area contributed by atoms with Gasteiger partial charge in [-0.3, -0.25) is 24.0 Å². The van der Waals surface area contributed by atoms with Crippen molar-refractivity contribution in [3.63, 3.8) is 0 Å². The van der Waals surface area contributed by atoms with Crippen molar-refractivity contribution in [1.29, 1.82) is 0 Å². The lowest BCUT2D eigenvalue weighted by Crippen LogP contribution is -2.58. The van der Waals surface area contributed by atoms with Crippen LogP contribution in [0.25, 0.3) is 21.8 Å². The highest BCUT2D eigenvalue weighted by molar-refractivity contribution is 5.96. The molecule has 11 N–H and O–H groups in total. The molecule has 0 saturated heterocycles. The third-order valence-corrected chi connectivity index (χ3v) is 7.49. The number of amides is 4. The summed E-state index contributed by atoms with van der Waals surface area (Å²) in [6.07, 6.45) is 1.96. The molecule has 0 spiro atoms. The molecule has 4 atom stereocenters. The average molecular weight is 634 g/mol. The maximum atomic E-state index is 13.6. The van der Waals surface area contributed by atoms with E-state index < -0.39 is 66.2 Å². The summed E-state index contributed by atoms with van der Waals surface area (Å²) >= 11 is 0. The number of carbonyl (C=O) groups excluding carboxylic acids is 4. The van der Waals surface area contributed by atoms with Crippen LogP contribution in [0.5, 0.6) is 0 Å². The molecule has 242 valence electrons. The quantitative estimate of drug-likeness (QED) is 0.0805. The fraction of sp³-hybridized carbons (Fsp3) is 0.290. The molecule has 4 aromatic rings. The Labute approximate surface area is 262 Å². The molecule has 0 aliphatic rings. The van der Waals surface area contributed by atoms with E-state index in [1.54, 1.807) is 36.7 Å². The molecule has 4 unspecified atom stereocenters. The lowest BCUT2D eigenvalue weighted by atomic mass is 10.0. The van der Waals surface area contributed by atoms with E-state index >= 15 is 0 Å². The average Bonchev–Trinajstić information content (AvgIpc) is 3.62. The van der Waals surface area contributed by atoms with Crippen LogP contribution >= 0.6 is 0 Å². The van der Waals surface area contributed by atoms with Gasteiger partial charge in [0.25, 0.3) is 0 Å². The summed E-state index contributed by atoms with van der Waals surface area (Å²) in [6, 6.07) is 9.00. The summed E-state index contributed by atoms with van der Waals surface area (Å²) in [7, 11) is 0. The second-order valence-corrected chi connectivity index (χ2v) is 10.9. The molecule has 0 aliphatic heterocycles. The number of primary amides is 1. The van der Waals surface area contributed by atoms with Crippen molar-refractivity contribution in [1.82, 2.24) is 25.9 Å². The Morgan fingerprint density at radius 3 is 1.74 bits per heavy atom. The fourth-order valence-electron chi connectivity index (χ4n) is 5.11. The molecule has 46 heavy (non-hydrogen) atoms. The minimum Gasteiger partial charge on any atom is -0.481 e. The number of rotatable bonds is 16. The molecule has 0 aliphatic carbocycles. The molecule has 15 nitrogen and oxygen atoms in total. The van der Waals surface area contributed by atoms with Gasteiger partial charge in [-0.25, -0.2) is 4.79 Å². The lowest BCUT2D eigenvalue weighted by molar-refractivity contribution is -0.147. The predicted molar refractivity (Wildman–Crippen MR) is 166 cm³/mol. The van der Waals surface area contributed by atoms with Gasteiger partial charge in [-0.1, -0.05) is 36.4 Å². The number of carboxylic acids is 2. The van der Waals surface area contributed by atoms with Crippen LogP contribution in [0, 0.1) is 0 Å². The highest BCUT2D eigenvalue weighted by Gasteiger charge is 2.32. The number of aromatic amines is 2. The summed E-state index contributed by atoms with van der Waals surface area (Å²) in [5.41, 5.74) is 14.5. The van der Waals surface area contributed by atoms with Crippen molar-refractivity contribution in [2.75, 3.05) is 0 Å². The Morgan fingerprint density at radius 2 is 1.20 bits per heavy atom. The van der Waals surface area contributed by atoms with E-state index in [0.29, 0.717) is 5.56 Å². The summed E-state index contributed by atoms with van der Waals surface area (Å²) in [5.74, 6) is -6.30. The van der Waals surface area contributed by atoms with Gasteiger partial charge in [0.05, 0.1) is 12.5 Å². The summed E-state index contributed by atoms with van der Waals surface area (Å²) < 4.78 is 0. The van der Waals surface area contributed by atoms with E-state index in [1.165, 1.54) is 0 Å². The van der Waals surface area contributed by atoms with E-state index in [4.69, 9.17) is 16.6 Å². The normalized spacial score (nSPS) is 13.8. The number of nitrogens with two attached hydrogens (primary N) is 2. The van der Waals surface area contributed by atoms with E-state index in [1.807, 2.05) is 24.3 Å². The van der Waals surface area contributed by atoms with Gasteiger partial charge in [-0.2, -0.15) is 0 Å². The van der Waals surface area contributed by atoms with Gasteiger partial charge >= 0.3 is 11.9 Å². The first-order valence-corrected chi connectivity index (χ1v) is 14.4. The maximum Gasteiger partial charge on any atom is 0.326 e. The van der Waals surface area contributed by atoms with Gasteiger partial charge in [0.1, 0.15) is 18.1 Å². The van der Waals surface area contributed by atoms with Crippen molar-refractivity contribution >= 4 is 57.4 Å². The number of fused-ring (bicyclic) bond motifs is 2. The number of para-hydroxylation sites is 2. The first kappa shape index (κ1) is 33.2. The fourth-order valence-corrected chi connectivity index (χ4v) is 5.11. The van der Waals surface area contributed by atoms with Gasteiger partial charge in [0.2, 0.25) is 23.6 Å². The van der Waals surface area contributed by atoms with Crippen molar-refractivity contribution in [3.05, 3.63) is 72.1 Å². The number of hydrogen-bond donors (Lipinski definition) is 9. The van der Waals surface area contributed by atoms with Crippen molar-refractivity contribution in [2.45, 2.75) is 56.3 Å². The number of nitrogens with one attached hydrogen (secondary N) is 5. The Bertz CT molecular complexity index is 1760. The molecule has 0 bridgehead atoms. The van der Waals surface area contributed by atoms with Crippen LogP contribution in [0.3, 0.4) is 0 Å². The van der Waals surface area contributed by atoms with Crippen LogP contribution in [0.15, 0.2) is 60.9 Å². The minimum absolute atomic E-state index is 0.127. The van der Waals surface area contributed by atoms with Gasteiger partial charge in [0.15, 0.2) is 0 Å². The topological polar surface area (TPSA) is 263 Å². The molecule has 2 heterocycles. The first-order chi connectivity index (χ1) is 21.9. The van der Waals surface area contributed by atoms with Crippen molar-refractivity contribution in [2.24, 2.45) is 11.5 Å². The number of H-pyrrole nitrogens is 2. The van der Waals surface area contributed by atoms with E-state index in [0.717, 1.165) is 27.4 Å². The maximum absolute atomic E-state index is 13.6. The molecule has 2 aromatic heterocycles. The lowest BCUT2D eigenvalue weighted by Gasteiger charge is -2.25. The van der Waals surface area contributed by atoms with Crippen LogP contribution in [0.4, 0.5) is 0 Å². The monoisotopic (exact) mass is 633 g/mol. The molecule has 15 heteroatoms. The first-order valence-electron chi connectivity index (χ1n) is 14.4. The van der Waals surface area contributed by atoms with Crippen LogP contribution in [0.1, 0.15) is 30.4 Å². The second kappa shape index (κ2) is 14.9. The zero-order chi connectivity index (χ0) is 33.4. The summed E-state index contributed by atoms with van der Waals surface area (Å²) in [6.45, 7) is 0. The van der Waals surface area contributed by atoms with Gasteiger partial charge in [-0.15, -0.1) is 0 Å². The van der Waals surface area contributed by atoms with Crippen molar-refractivity contribution < 1.29 is 39.0 Å². The number of aromatic nitrogens is 2. The molecule has 4 amide bonds. The van der Waals surface area contributed by atoms with Crippen LogP contribution in [-0.2, 0) is 41.6 Å². The zero-order valence-corrected chi connectivity index (χ0v) is 24.6. The number of benzene rings is 2. The van der Waals surface area contributed by atoms with E-state index in [-0.39, 0.29) is 25.7 Å². The smallest absolute Gasteiger partial charge is 0.326 e. The number of aliphatic carboxylic acids is 2. The Hall–Kier alpha value is -5.70. The summed E-state index contributed by atoms with van der Waals surface area (Å²) in [5, 5.41) is 27.5. The highest BCUT2D eigenvalue weighted by Crippen LogP contribution is 2.20. The Balaban J connectivity index is 1.54. The third kappa shape index (κ3) is 8.47. The zero-order valence-electron chi connectivity index (χ0n) is 24.6. The van der Waals surface area contributed by atoms with Gasteiger partial charge in [-0.05, 0) is 36.1 Å². The largest absolute Gasteiger partial charge is 0.481 e. The molecular weight excluding hydrogens is 598 g/mol. The number of hydrogen-bond acceptors (Lipinski definition) is 7. The summed E-state index contributed by atoms with van der Waals surface area (Å²) in [4.78, 5) is 80.7. The van der Waals surface area contributed by atoms with Crippen molar-refractivity contribution in [3.8, 4) is 0 Å². The molecular formula is C31H35N7O8. The van der Waals surface area contributed by atoms with Crippen LogP contribution in [-0.4, -0.2) is 79.9 Å². The molecule has 0 saturated carbocycles. The molecule has 0 radical (unpaired) electrons.